The van der Waals surface area contributed by atoms with E-state index in [9.17, 15) is 0 Å². The van der Waals surface area contributed by atoms with Crippen LogP contribution in [-0.2, 0) is 5.41 Å². The van der Waals surface area contributed by atoms with E-state index in [2.05, 4.69) is 52.8 Å². The van der Waals surface area contributed by atoms with Gasteiger partial charge in [0.1, 0.15) is 0 Å². The van der Waals surface area contributed by atoms with Gasteiger partial charge in [0, 0.05) is 12.5 Å². The van der Waals surface area contributed by atoms with Gasteiger partial charge < -0.3 is 5.73 Å². The van der Waals surface area contributed by atoms with Gasteiger partial charge in [0.15, 0.2) is 0 Å². The van der Waals surface area contributed by atoms with Crippen molar-refractivity contribution in [1.29, 1.82) is 5.26 Å². The molecule has 0 fully saturated rings. The van der Waals surface area contributed by atoms with E-state index in [4.69, 9.17) is 11.0 Å². The number of nitrogens with zero attached hydrogens (tertiary/aromatic N) is 1. The van der Waals surface area contributed by atoms with E-state index in [1.807, 2.05) is 0 Å². The minimum Gasteiger partial charge on any atom is -0.324 e. The van der Waals surface area contributed by atoms with Crippen LogP contribution >= 0.6 is 0 Å². The van der Waals surface area contributed by atoms with Gasteiger partial charge in [-0.3, -0.25) is 0 Å². The fraction of sp³-hybridized carbons (Fsp3) is 0.562. The fourth-order valence-electron chi connectivity index (χ4n) is 2.36. The molecule has 0 bridgehead atoms. The number of hydrogen-bond donors (Lipinski definition) is 1. The summed E-state index contributed by atoms with van der Waals surface area (Å²) in [7, 11) is 0. The third-order valence-electron chi connectivity index (χ3n) is 3.40. The van der Waals surface area contributed by atoms with Gasteiger partial charge >= 0.3 is 0 Å². The van der Waals surface area contributed by atoms with Crippen LogP contribution in [0, 0.1) is 25.2 Å². The molecule has 1 aromatic rings. The number of nitriles is 1. The van der Waals surface area contributed by atoms with E-state index in [1.165, 1.54) is 22.3 Å². The number of benzene rings is 1. The molecule has 2 heteroatoms. The van der Waals surface area contributed by atoms with Crippen LogP contribution in [0.1, 0.15) is 61.9 Å². The number of nitrogens with two attached hydrogens (primary N) is 1. The van der Waals surface area contributed by atoms with Gasteiger partial charge in [0.25, 0.3) is 0 Å². The van der Waals surface area contributed by atoms with E-state index in [0.29, 0.717) is 6.42 Å². The number of aryl methyl sites for hydroxylation is 2. The van der Waals surface area contributed by atoms with Crippen LogP contribution in [0.15, 0.2) is 12.1 Å². The molecule has 2 nitrogen and oxygen atoms in total. The summed E-state index contributed by atoms with van der Waals surface area (Å²) in [5.74, 6) is 0. The normalized spacial score (nSPS) is 13.2. The standard InChI is InChI=1S/C16H24N2/c1-11-9-13(16(3,4)5)10-12(2)15(11)14(18)7-6-8-17/h9-10,14H,6-7,18H2,1-5H3. The first-order valence-corrected chi connectivity index (χ1v) is 6.51. The molecule has 0 saturated carbocycles. The van der Waals surface area contributed by atoms with Crippen LogP contribution in [0.5, 0.6) is 0 Å². The average Bonchev–Trinajstić information content (AvgIpc) is 2.24. The molecule has 2 N–H and O–H groups in total. The molecule has 0 aliphatic heterocycles. The summed E-state index contributed by atoms with van der Waals surface area (Å²) in [6, 6.07) is 6.60. The van der Waals surface area contributed by atoms with Crippen molar-refractivity contribution in [2.45, 2.75) is 58.9 Å². The molecular weight excluding hydrogens is 220 g/mol. The third-order valence-corrected chi connectivity index (χ3v) is 3.40. The molecule has 0 aromatic heterocycles. The zero-order chi connectivity index (χ0) is 13.9. The molecular formula is C16H24N2. The maximum absolute atomic E-state index is 8.65. The predicted octanol–water partition coefficient (Wildman–Crippen LogP) is 3.90. The first-order valence-electron chi connectivity index (χ1n) is 6.51. The van der Waals surface area contributed by atoms with Crippen molar-refractivity contribution in [1.82, 2.24) is 0 Å². The molecule has 18 heavy (non-hydrogen) atoms. The smallest absolute Gasteiger partial charge is 0.0622 e. The Balaban J connectivity index is 3.13. The van der Waals surface area contributed by atoms with Crippen molar-refractivity contribution in [3.63, 3.8) is 0 Å². The number of rotatable bonds is 3. The quantitative estimate of drug-likeness (QED) is 0.876. The van der Waals surface area contributed by atoms with E-state index >= 15 is 0 Å². The van der Waals surface area contributed by atoms with E-state index < -0.39 is 0 Å². The molecule has 0 heterocycles. The second kappa shape index (κ2) is 5.54. The maximum atomic E-state index is 8.65. The summed E-state index contributed by atoms with van der Waals surface area (Å²) in [6.45, 7) is 10.9. The molecule has 0 radical (unpaired) electrons. The van der Waals surface area contributed by atoms with E-state index in [1.54, 1.807) is 0 Å². The number of hydrogen-bond acceptors (Lipinski definition) is 2. The Hall–Kier alpha value is -1.33. The Bertz CT molecular complexity index is 438. The summed E-state index contributed by atoms with van der Waals surface area (Å²) >= 11 is 0. The summed E-state index contributed by atoms with van der Waals surface area (Å²) in [5.41, 5.74) is 11.4. The maximum Gasteiger partial charge on any atom is 0.0622 e. The van der Waals surface area contributed by atoms with Gasteiger partial charge in [-0.1, -0.05) is 32.9 Å². The molecule has 1 unspecified atom stereocenters. The SMILES string of the molecule is Cc1cc(C(C)(C)C)cc(C)c1C(N)CCC#N. The van der Waals surface area contributed by atoms with Crippen molar-refractivity contribution in [2.75, 3.05) is 0 Å². The van der Waals surface area contributed by atoms with Crippen molar-refractivity contribution < 1.29 is 0 Å². The largest absolute Gasteiger partial charge is 0.324 e. The predicted molar refractivity (Wildman–Crippen MR) is 76.4 cm³/mol. The Kier molecular flexibility index (Phi) is 4.53. The van der Waals surface area contributed by atoms with E-state index in [-0.39, 0.29) is 11.5 Å². The molecule has 1 aromatic carbocycles. The summed E-state index contributed by atoms with van der Waals surface area (Å²) in [6.07, 6.45) is 1.24. The van der Waals surface area contributed by atoms with Gasteiger partial charge in [0.2, 0.25) is 0 Å². The van der Waals surface area contributed by atoms with Gasteiger partial charge in [-0.05, 0) is 47.9 Å². The lowest BCUT2D eigenvalue weighted by molar-refractivity contribution is 0.586. The summed E-state index contributed by atoms with van der Waals surface area (Å²) < 4.78 is 0. The highest BCUT2D eigenvalue weighted by molar-refractivity contribution is 5.42. The first kappa shape index (κ1) is 14.7. The lowest BCUT2D eigenvalue weighted by Gasteiger charge is -2.24. The lowest BCUT2D eigenvalue weighted by Crippen LogP contribution is -2.17. The topological polar surface area (TPSA) is 49.8 Å². The highest BCUT2D eigenvalue weighted by Crippen LogP contribution is 2.30. The van der Waals surface area contributed by atoms with Crippen molar-refractivity contribution in [3.8, 4) is 6.07 Å². The molecule has 1 atom stereocenters. The Morgan fingerprint density at radius 2 is 1.72 bits per heavy atom. The molecule has 0 aliphatic carbocycles. The fourth-order valence-corrected chi connectivity index (χ4v) is 2.36. The highest BCUT2D eigenvalue weighted by atomic mass is 14.6. The third kappa shape index (κ3) is 3.34. The summed E-state index contributed by atoms with van der Waals surface area (Å²) in [4.78, 5) is 0. The second-order valence-electron chi connectivity index (χ2n) is 6.08. The zero-order valence-electron chi connectivity index (χ0n) is 12.2. The van der Waals surface area contributed by atoms with Crippen LogP contribution < -0.4 is 5.73 Å². The van der Waals surface area contributed by atoms with Gasteiger partial charge in [-0.2, -0.15) is 5.26 Å². The Labute approximate surface area is 111 Å². The molecule has 0 amide bonds. The first-order chi connectivity index (χ1) is 8.27. The van der Waals surface area contributed by atoms with Crippen LogP contribution in [0.3, 0.4) is 0 Å². The van der Waals surface area contributed by atoms with Gasteiger partial charge in [-0.25, -0.2) is 0 Å². The van der Waals surface area contributed by atoms with Crippen LogP contribution in [0.2, 0.25) is 0 Å². The lowest BCUT2D eigenvalue weighted by atomic mass is 9.82. The Morgan fingerprint density at radius 1 is 1.22 bits per heavy atom. The minimum atomic E-state index is -0.0290. The molecule has 98 valence electrons. The molecule has 0 spiro atoms. The molecule has 0 saturated heterocycles. The zero-order valence-corrected chi connectivity index (χ0v) is 12.2. The van der Waals surface area contributed by atoms with Crippen LogP contribution in [0.25, 0.3) is 0 Å². The van der Waals surface area contributed by atoms with Crippen LogP contribution in [-0.4, -0.2) is 0 Å². The second-order valence-corrected chi connectivity index (χ2v) is 6.08. The summed E-state index contributed by atoms with van der Waals surface area (Å²) in [5, 5.41) is 8.65. The monoisotopic (exact) mass is 244 g/mol. The van der Waals surface area contributed by atoms with Crippen LogP contribution in [0.4, 0.5) is 0 Å². The highest BCUT2D eigenvalue weighted by Gasteiger charge is 2.18. The van der Waals surface area contributed by atoms with Crippen molar-refractivity contribution in [2.24, 2.45) is 5.73 Å². The van der Waals surface area contributed by atoms with Gasteiger partial charge in [0.05, 0.1) is 6.07 Å². The molecule has 0 aliphatic rings. The molecule has 1 rings (SSSR count). The van der Waals surface area contributed by atoms with E-state index in [0.717, 1.165) is 6.42 Å². The van der Waals surface area contributed by atoms with Crippen molar-refractivity contribution >= 4 is 0 Å². The van der Waals surface area contributed by atoms with Gasteiger partial charge in [-0.15, -0.1) is 0 Å². The van der Waals surface area contributed by atoms with Crippen molar-refractivity contribution in [3.05, 3.63) is 34.4 Å². The minimum absolute atomic E-state index is 0.0290. The Morgan fingerprint density at radius 3 is 2.11 bits per heavy atom. The average molecular weight is 244 g/mol.